The van der Waals surface area contributed by atoms with E-state index in [-0.39, 0.29) is 28.4 Å². The number of ether oxygens (including phenoxy) is 2. The van der Waals surface area contributed by atoms with E-state index in [1.807, 2.05) is 0 Å². The summed E-state index contributed by atoms with van der Waals surface area (Å²) in [5, 5.41) is 12.9. The fourth-order valence-electron chi connectivity index (χ4n) is 2.09. The molecule has 0 atom stereocenters. The standard InChI is InChI=1S/C13H11F3N6O3.FH/c1-21-6-5-11(18-21)24-7-8-9(22-12(23)17-19-20-22)3-2-4-10(8)25-13(14,15)16;/h2-6H,7H2,1H3,(H,17,20,23);1H. The van der Waals surface area contributed by atoms with Crippen LogP contribution in [-0.2, 0) is 13.7 Å². The Bertz CT molecular complexity index is 932. The van der Waals surface area contributed by atoms with E-state index in [1.165, 1.54) is 22.9 Å². The largest absolute Gasteiger partial charge is 0.573 e. The maximum absolute atomic E-state index is 12.7. The number of hydrogen-bond donors (Lipinski definition) is 1. The number of H-pyrrole nitrogens is 1. The van der Waals surface area contributed by atoms with Gasteiger partial charge in [-0.1, -0.05) is 6.07 Å². The Hall–Kier alpha value is -3.38. The Morgan fingerprint density at radius 2 is 2.04 bits per heavy atom. The summed E-state index contributed by atoms with van der Waals surface area (Å²) in [6.07, 6.45) is -3.30. The first kappa shape index (κ1) is 19.0. The smallest absolute Gasteiger partial charge is 0.472 e. The summed E-state index contributed by atoms with van der Waals surface area (Å²) in [5.41, 5.74) is -0.721. The molecule has 13 heteroatoms. The summed E-state index contributed by atoms with van der Waals surface area (Å²) < 4.78 is 49.7. The number of aromatic nitrogens is 6. The van der Waals surface area contributed by atoms with E-state index < -0.39 is 17.8 Å². The quantitative estimate of drug-likeness (QED) is 0.675. The molecule has 0 bridgehead atoms. The second-order valence-electron chi connectivity index (χ2n) is 4.84. The van der Waals surface area contributed by atoms with Crippen molar-refractivity contribution < 1.29 is 27.3 Å². The third-order valence-electron chi connectivity index (χ3n) is 3.09. The lowest BCUT2D eigenvalue weighted by molar-refractivity contribution is -0.275. The molecule has 0 saturated carbocycles. The number of halogens is 4. The average molecular weight is 376 g/mol. The molecule has 1 aromatic carbocycles. The van der Waals surface area contributed by atoms with E-state index >= 15 is 0 Å². The predicted octanol–water partition coefficient (Wildman–Crippen LogP) is 1.32. The number of benzene rings is 1. The number of tetrazole rings is 1. The second-order valence-corrected chi connectivity index (χ2v) is 4.84. The molecule has 0 fully saturated rings. The lowest BCUT2D eigenvalue weighted by Crippen LogP contribution is -2.22. The second kappa shape index (κ2) is 7.25. The van der Waals surface area contributed by atoms with Crippen molar-refractivity contribution in [2.45, 2.75) is 13.0 Å². The van der Waals surface area contributed by atoms with Gasteiger partial charge < -0.3 is 9.47 Å². The van der Waals surface area contributed by atoms with Crippen molar-refractivity contribution in [2.75, 3.05) is 0 Å². The van der Waals surface area contributed by atoms with Crippen LogP contribution in [0.1, 0.15) is 5.56 Å². The highest BCUT2D eigenvalue weighted by molar-refractivity contribution is 5.49. The number of nitrogens with one attached hydrogen (secondary N) is 1. The van der Waals surface area contributed by atoms with Gasteiger partial charge in [-0.15, -0.1) is 18.3 Å². The minimum atomic E-state index is -4.91. The zero-order valence-corrected chi connectivity index (χ0v) is 13.1. The van der Waals surface area contributed by atoms with Gasteiger partial charge in [-0.05, 0) is 22.6 Å². The SMILES string of the molecule is Cn1ccc(OCc2c(OC(F)(F)F)cccc2-n2nn[nH]c2=O)n1.F. The number of rotatable bonds is 5. The highest BCUT2D eigenvalue weighted by atomic mass is 19.4. The van der Waals surface area contributed by atoms with Crippen LogP contribution in [0.2, 0.25) is 0 Å². The van der Waals surface area contributed by atoms with Crippen LogP contribution in [0.4, 0.5) is 17.9 Å². The lowest BCUT2D eigenvalue weighted by atomic mass is 10.1. The van der Waals surface area contributed by atoms with Crippen LogP contribution in [0.25, 0.3) is 5.69 Å². The predicted molar refractivity (Wildman–Crippen MR) is 78.7 cm³/mol. The molecule has 140 valence electrons. The zero-order chi connectivity index (χ0) is 18.0. The average Bonchev–Trinajstić information content (AvgIpc) is 3.12. The van der Waals surface area contributed by atoms with Crippen LogP contribution in [0.3, 0.4) is 0 Å². The van der Waals surface area contributed by atoms with E-state index in [0.717, 1.165) is 10.7 Å². The van der Waals surface area contributed by atoms with Crippen LogP contribution in [0, 0.1) is 0 Å². The molecule has 2 heterocycles. The van der Waals surface area contributed by atoms with Crippen molar-refractivity contribution >= 4 is 0 Å². The molecule has 26 heavy (non-hydrogen) atoms. The van der Waals surface area contributed by atoms with Gasteiger partial charge in [0, 0.05) is 19.3 Å². The maximum Gasteiger partial charge on any atom is 0.573 e. The van der Waals surface area contributed by atoms with Crippen molar-refractivity contribution in [3.05, 3.63) is 46.5 Å². The highest BCUT2D eigenvalue weighted by Gasteiger charge is 2.33. The van der Waals surface area contributed by atoms with Crippen LogP contribution in [0.5, 0.6) is 11.6 Å². The van der Waals surface area contributed by atoms with Gasteiger partial charge in [-0.25, -0.2) is 9.89 Å². The first-order valence-electron chi connectivity index (χ1n) is 6.84. The molecule has 0 aliphatic carbocycles. The Morgan fingerprint density at radius 1 is 1.27 bits per heavy atom. The molecule has 0 aliphatic heterocycles. The third-order valence-corrected chi connectivity index (χ3v) is 3.09. The molecule has 9 nitrogen and oxygen atoms in total. The van der Waals surface area contributed by atoms with Crippen molar-refractivity contribution in [2.24, 2.45) is 7.05 Å². The Labute approximate surface area is 142 Å². The van der Waals surface area contributed by atoms with Gasteiger partial charge in [0.2, 0.25) is 5.88 Å². The van der Waals surface area contributed by atoms with Gasteiger partial charge in [0.05, 0.1) is 11.3 Å². The molecule has 2 aromatic heterocycles. The summed E-state index contributed by atoms with van der Waals surface area (Å²) >= 11 is 0. The summed E-state index contributed by atoms with van der Waals surface area (Å²) in [6, 6.07) is 5.33. The molecule has 0 amide bonds. The van der Waals surface area contributed by atoms with E-state index in [0.29, 0.717) is 0 Å². The van der Waals surface area contributed by atoms with E-state index in [2.05, 4.69) is 25.4 Å². The summed E-state index contributed by atoms with van der Waals surface area (Å²) in [4.78, 5) is 11.7. The molecule has 3 rings (SSSR count). The van der Waals surface area contributed by atoms with Crippen LogP contribution in [-0.4, -0.2) is 36.4 Å². The van der Waals surface area contributed by atoms with Crippen LogP contribution >= 0.6 is 0 Å². The fourth-order valence-corrected chi connectivity index (χ4v) is 2.09. The van der Waals surface area contributed by atoms with Crippen LogP contribution < -0.4 is 15.2 Å². The molecule has 0 radical (unpaired) electrons. The van der Waals surface area contributed by atoms with Crippen molar-refractivity contribution in [3.8, 4) is 17.3 Å². The van der Waals surface area contributed by atoms with Gasteiger partial charge in [-0.2, -0.15) is 4.68 Å². The molecule has 0 spiro atoms. The van der Waals surface area contributed by atoms with Crippen molar-refractivity contribution in [3.63, 3.8) is 0 Å². The molecule has 1 N–H and O–H groups in total. The van der Waals surface area contributed by atoms with E-state index in [1.54, 1.807) is 13.2 Å². The fraction of sp³-hybridized carbons (Fsp3) is 0.231. The van der Waals surface area contributed by atoms with Gasteiger partial charge in [0.1, 0.15) is 12.4 Å². The molecular formula is C13H12F4N6O3. The third kappa shape index (κ3) is 4.17. The minimum absolute atomic E-state index is 0. The molecular weight excluding hydrogens is 364 g/mol. The van der Waals surface area contributed by atoms with Crippen molar-refractivity contribution in [1.29, 1.82) is 0 Å². The number of nitrogens with zero attached hydrogens (tertiary/aromatic N) is 5. The van der Waals surface area contributed by atoms with E-state index in [4.69, 9.17) is 4.74 Å². The molecule has 3 aromatic rings. The van der Waals surface area contributed by atoms with E-state index in [9.17, 15) is 18.0 Å². The lowest BCUT2D eigenvalue weighted by Gasteiger charge is -2.16. The highest BCUT2D eigenvalue weighted by Crippen LogP contribution is 2.30. The first-order valence-corrected chi connectivity index (χ1v) is 6.84. The molecule has 0 aliphatic rings. The Morgan fingerprint density at radius 3 is 2.62 bits per heavy atom. The van der Waals surface area contributed by atoms with Crippen molar-refractivity contribution in [1.82, 2.24) is 30.0 Å². The van der Waals surface area contributed by atoms with Gasteiger partial charge in [0.25, 0.3) is 0 Å². The summed E-state index contributed by atoms with van der Waals surface area (Å²) in [7, 11) is 1.66. The topological polar surface area (TPSA) is 99.9 Å². The van der Waals surface area contributed by atoms with Gasteiger partial charge >= 0.3 is 12.1 Å². The normalized spacial score (nSPS) is 11.1. The van der Waals surface area contributed by atoms with Crippen LogP contribution in [0.15, 0.2) is 35.3 Å². The Balaban J connectivity index is 0.00000243. The minimum Gasteiger partial charge on any atom is -0.472 e. The Kier molecular flexibility index (Phi) is 5.28. The first-order chi connectivity index (χ1) is 11.8. The number of aromatic amines is 1. The number of alkyl halides is 3. The summed E-state index contributed by atoms with van der Waals surface area (Å²) in [6.45, 7) is -0.335. The number of aryl methyl sites for hydroxylation is 1. The molecule has 0 saturated heterocycles. The monoisotopic (exact) mass is 376 g/mol. The number of hydrogen-bond acceptors (Lipinski definition) is 6. The van der Waals surface area contributed by atoms with Gasteiger partial charge in [0.15, 0.2) is 0 Å². The molecule has 0 unspecified atom stereocenters. The van der Waals surface area contributed by atoms with Gasteiger partial charge in [-0.3, -0.25) is 9.39 Å². The zero-order valence-electron chi connectivity index (χ0n) is 13.1. The maximum atomic E-state index is 12.7. The summed E-state index contributed by atoms with van der Waals surface area (Å²) in [5.74, 6) is -0.321.